The van der Waals surface area contributed by atoms with Gasteiger partial charge >= 0.3 is 0 Å². The van der Waals surface area contributed by atoms with Crippen LogP contribution in [0.15, 0.2) is 40.9 Å². The number of hydrogen-bond acceptors (Lipinski definition) is 5. The first-order chi connectivity index (χ1) is 12.5. The molecule has 1 amide bonds. The highest BCUT2D eigenvalue weighted by molar-refractivity contribution is 6.29. The Balaban J connectivity index is 1.76. The summed E-state index contributed by atoms with van der Waals surface area (Å²) in [6.45, 7) is 1.88. The minimum atomic E-state index is -0.0989. The van der Waals surface area contributed by atoms with E-state index < -0.39 is 0 Å². The van der Waals surface area contributed by atoms with Gasteiger partial charge in [-0.1, -0.05) is 47.1 Å². The molecule has 0 saturated carbocycles. The van der Waals surface area contributed by atoms with Crippen LogP contribution in [0, 0.1) is 0 Å². The van der Waals surface area contributed by atoms with Crippen LogP contribution in [0.3, 0.4) is 0 Å². The number of aromatic nitrogens is 1. The molecule has 6 nitrogen and oxygen atoms in total. The zero-order valence-corrected chi connectivity index (χ0v) is 15.9. The van der Waals surface area contributed by atoms with Crippen LogP contribution in [0.1, 0.15) is 23.8 Å². The van der Waals surface area contributed by atoms with Gasteiger partial charge in [0.1, 0.15) is 5.76 Å². The molecule has 0 radical (unpaired) electrons. The van der Waals surface area contributed by atoms with Crippen molar-refractivity contribution in [1.82, 2.24) is 15.0 Å². The zero-order valence-electron chi connectivity index (χ0n) is 15.1. The molecule has 2 atom stereocenters. The molecule has 1 aromatic carbocycles. The maximum atomic E-state index is 13.0. The minimum Gasteiger partial charge on any atom is -0.373 e. The van der Waals surface area contributed by atoms with Crippen LogP contribution in [0.4, 0.5) is 0 Å². The highest BCUT2D eigenvalue weighted by atomic mass is 35.5. The van der Waals surface area contributed by atoms with Crippen LogP contribution >= 0.6 is 11.6 Å². The largest absolute Gasteiger partial charge is 0.373 e. The standard InChI is InChI=1S/C19H24ClN3O3/c1-22(2)13-16-19(14-6-4-3-5-7-14)23(10-11-25-16)18(24)9-8-15-12-17(20)21-26-15/h3-7,12,16,19H,8-11,13H2,1-2H3/t16-,19-/m0/s1. The molecule has 140 valence electrons. The number of rotatable bonds is 6. The lowest BCUT2D eigenvalue weighted by atomic mass is 9.97. The Hall–Kier alpha value is -1.89. The van der Waals surface area contributed by atoms with E-state index in [0.717, 1.165) is 12.1 Å². The third-order valence-electron chi connectivity index (χ3n) is 4.47. The van der Waals surface area contributed by atoms with Crippen molar-refractivity contribution in [2.24, 2.45) is 0 Å². The quantitative estimate of drug-likeness (QED) is 0.774. The van der Waals surface area contributed by atoms with E-state index in [4.69, 9.17) is 20.9 Å². The van der Waals surface area contributed by atoms with Crippen LogP contribution < -0.4 is 0 Å². The predicted octanol–water partition coefficient (Wildman–Crippen LogP) is 2.79. The van der Waals surface area contributed by atoms with Gasteiger partial charge in [-0.2, -0.15) is 0 Å². The third-order valence-corrected chi connectivity index (χ3v) is 4.65. The lowest BCUT2D eigenvalue weighted by Gasteiger charge is -2.42. The number of carbonyl (C=O) groups excluding carboxylic acids is 1. The van der Waals surface area contributed by atoms with E-state index in [1.165, 1.54) is 0 Å². The third kappa shape index (κ3) is 4.63. The second kappa shape index (κ2) is 8.66. The number of carbonyl (C=O) groups is 1. The summed E-state index contributed by atoms with van der Waals surface area (Å²) in [4.78, 5) is 17.0. The fourth-order valence-corrected chi connectivity index (χ4v) is 3.51. The van der Waals surface area contributed by atoms with Gasteiger partial charge in [0.05, 0.1) is 18.8 Å². The molecular weight excluding hydrogens is 354 g/mol. The summed E-state index contributed by atoms with van der Waals surface area (Å²) in [5.41, 5.74) is 1.09. The summed E-state index contributed by atoms with van der Waals surface area (Å²) in [7, 11) is 4.03. The molecule has 0 aliphatic carbocycles. The van der Waals surface area contributed by atoms with Gasteiger partial charge in [0.15, 0.2) is 5.15 Å². The number of ether oxygens (including phenoxy) is 1. The summed E-state index contributed by atoms with van der Waals surface area (Å²) in [6, 6.07) is 11.6. The van der Waals surface area contributed by atoms with E-state index in [1.54, 1.807) is 6.07 Å². The Morgan fingerprint density at radius 3 is 2.77 bits per heavy atom. The predicted molar refractivity (Wildman–Crippen MR) is 99.0 cm³/mol. The summed E-state index contributed by atoms with van der Waals surface area (Å²) < 4.78 is 11.1. The summed E-state index contributed by atoms with van der Waals surface area (Å²) in [6.07, 6.45) is 0.768. The SMILES string of the molecule is CN(C)C[C@@H]1OCCN(C(=O)CCc2cc(Cl)no2)[C@H]1c1ccccc1. The molecule has 7 heteroatoms. The van der Waals surface area contributed by atoms with Gasteiger partial charge in [-0.3, -0.25) is 4.79 Å². The van der Waals surface area contributed by atoms with E-state index in [-0.39, 0.29) is 18.1 Å². The average Bonchev–Trinajstić information content (AvgIpc) is 3.05. The smallest absolute Gasteiger partial charge is 0.223 e. The van der Waals surface area contributed by atoms with Gasteiger partial charge in [0.2, 0.25) is 5.91 Å². The Labute approximate surface area is 158 Å². The van der Waals surface area contributed by atoms with Crippen molar-refractivity contribution in [3.8, 4) is 0 Å². The molecule has 0 N–H and O–H groups in total. The van der Waals surface area contributed by atoms with Crippen molar-refractivity contribution in [3.63, 3.8) is 0 Å². The Bertz CT molecular complexity index is 720. The number of likely N-dealkylation sites (N-methyl/N-ethyl adjacent to an activating group) is 1. The number of benzene rings is 1. The number of morpholine rings is 1. The molecule has 0 bridgehead atoms. The Morgan fingerprint density at radius 2 is 2.12 bits per heavy atom. The molecule has 2 aromatic rings. The van der Waals surface area contributed by atoms with Crippen molar-refractivity contribution in [1.29, 1.82) is 0 Å². The van der Waals surface area contributed by atoms with Gasteiger partial charge in [0.25, 0.3) is 0 Å². The summed E-state index contributed by atoms with van der Waals surface area (Å²) >= 11 is 5.77. The van der Waals surface area contributed by atoms with Crippen molar-refractivity contribution < 1.29 is 14.1 Å². The molecule has 0 spiro atoms. The first kappa shape index (κ1) is 18.9. The van der Waals surface area contributed by atoms with E-state index in [2.05, 4.69) is 22.2 Å². The minimum absolute atomic E-state index is 0.0650. The van der Waals surface area contributed by atoms with E-state index in [0.29, 0.717) is 36.9 Å². The molecule has 1 aromatic heterocycles. The number of amides is 1. The van der Waals surface area contributed by atoms with E-state index in [1.807, 2.05) is 37.2 Å². The lowest BCUT2D eigenvalue weighted by Crippen LogP contribution is -2.51. The summed E-state index contributed by atoms with van der Waals surface area (Å²) in [5.74, 6) is 0.705. The highest BCUT2D eigenvalue weighted by Gasteiger charge is 2.36. The number of halogens is 1. The summed E-state index contributed by atoms with van der Waals surface area (Å²) in [5, 5.41) is 3.97. The van der Waals surface area contributed by atoms with Crippen molar-refractivity contribution in [2.75, 3.05) is 33.8 Å². The monoisotopic (exact) mass is 377 g/mol. The van der Waals surface area contributed by atoms with E-state index >= 15 is 0 Å². The molecule has 1 saturated heterocycles. The normalized spacial score (nSPS) is 20.5. The number of hydrogen-bond donors (Lipinski definition) is 0. The van der Waals surface area contributed by atoms with Gasteiger partial charge in [-0.15, -0.1) is 0 Å². The van der Waals surface area contributed by atoms with Crippen LogP contribution in [0.5, 0.6) is 0 Å². The Morgan fingerprint density at radius 1 is 1.35 bits per heavy atom. The molecule has 2 heterocycles. The fraction of sp³-hybridized carbons (Fsp3) is 0.474. The topological polar surface area (TPSA) is 58.8 Å². The molecule has 1 aliphatic heterocycles. The van der Waals surface area contributed by atoms with Gasteiger partial charge in [0, 0.05) is 32.0 Å². The maximum Gasteiger partial charge on any atom is 0.223 e. The van der Waals surface area contributed by atoms with Crippen molar-refractivity contribution in [2.45, 2.75) is 25.0 Å². The van der Waals surface area contributed by atoms with Crippen LogP contribution in [0.25, 0.3) is 0 Å². The molecule has 1 fully saturated rings. The molecule has 3 rings (SSSR count). The lowest BCUT2D eigenvalue weighted by molar-refractivity contribution is -0.148. The van der Waals surface area contributed by atoms with Gasteiger partial charge in [-0.25, -0.2) is 0 Å². The fourth-order valence-electron chi connectivity index (χ4n) is 3.35. The maximum absolute atomic E-state index is 13.0. The van der Waals surface area contributed by atoms with Crippen LogP contribution in [-0.2, 0) is 16.0 Å². The second-order valence-electron chi connectivity index (χ2n) is 6.73. The van der Waals surface area contributed by atoms with Crippen LogP contribution in [0.2, 0.25) is 5.15 Å². The van der Waals surface area contributed by atoms with Crippen molar-refractivity contribution in [3.05, 3.63) is 52.9 Å². The average molecular weight is 378 g/mol. The second-order valence-corrected chi connectivity index (χ2v) is 7.12. The molecular formula is C19H24ClN3O3. The first-order valence-electron chi connectivity index (χ1n) is 8.76. The number of nitrogens with zero attached hydrogens (tertiary/aromatic N) is 3. The first-order valence-corrected chi connectivity index (χ1v) is 9.14. The highest BCUT2D eigenvalue weighted by Crippen LogP contribution is 2.30. The Kier molecular flexibility index (Phi) is 6.29. The van der Waals surface area contributed by atoms with Gasteiger partial charge in [-0.05, 0) is 19.7 Å². The number of aryl methyl sites for hydroxylation is 1. The zero-order chi connectivity index (χ0) is 18.5. The van der Waals surface area contributed by atoms with E-state index in [9.17, 15) is 4.79 Å². The molecule has 1 aliphatic rings. The molecule has 0 unspecified atom stereocenters. The van der Waals surface area contributed by atoms with Gasteiger partial charge < -0.3 is 19.1 Å². The van der Waals surface area contributed by atoms with Crippen LogP contribution in [-0.4, -0.2) is 60.8 Å². The molecule has 26 heavy (non-hydrogen) atoms. The van der Waals surface area contributed by atoms with Crippen molar-refractivity contribution >= 4 is 17.5 Å².